The normalized spacial score (nSPS) is 10.1. The van der Waals surface area contributed by atoms with E-state index in [0.717, 1.165) is 6.21 Å². The van der Waals surface area contributed by atoms with Gasteiger partial charge in [0, 0.05) is 5.56 Å². The number of hydrogen-bond donors (Lipinski definition) is 3. The van der Waals surface area contributed by atoms with Crippen molar-refractivity contribution in [3.63, 3.8) is 0 Å². The Morgan fingerprint density at radius 3 is 2.53 bits per heavy atom. The maximum atomic E-state index is 10.8. The summed E-state index contributed by atoms with van der Waals surface area (Å²) in [5.74, 6) is -3.36. The summed E-state index contributed by atoms with van der Waals surface area (Å²) < 4.78 is 0. The highest BCUT2D eigenvalue weighted by Crippen LogP contribution is 2.05. The number of carbonyl (C=O) groups is 3. The Labute approximate surface area is 95.9 Å². The summed E-state index contributed by atoms with van der Waals surface area (Å²) in [6.07, 6.45) is 1.12. The van der Waals surface area contributed by atoms with E-state index in [2.05, 4.69) is 10.8 Å². The van der Waals surface area contributed by atoms with Crippen molar-refractivity contribution in [1.29, 1.82) is 0 Å². The molecule has 0 aliphatic carbocycles. The second kappa shape index (κ2) is 5.40. The van der Waals surface area contributed by atoms with Crippen molar-refractivity contribution in [1.82, 2.24) is 5.43 Å². The van der Waals surface area contributed by atoms with Crippen molar-refractivity contribution in [2.45, 2.75) is 0 Å². The van der Waals surface area contributed by atoms with E-state index in [1.54, 1.807) is 12.1 Å². The van der Waals surface area contributed by atoms with Crippen LogP contribution in [0.3, 0.4) is 0 Å². The molecule has 0 bridgehead atoms. The third-order valence-corrected chi connectivity index (χ3v) is 1.78. The maximum Gasteiger partial charge on any atom is 0.336 e. The summed E-state index contributed by atoms with van der Waals surface area (Å²) in [5.41, 5.74) is 6.86. The van der Waals surface area contributed by atoms with Crippen LogP contribution in [0.1, 0.15) is 15.9 Å². The molecule has 1 rings (SSSR count). The van der Waals surface area contributed by atoms with Gasteiger partial charge in [0.1, 0.15) is 0 Å². The van der Waals surface area contributed by atoms with Crippen molar-refractivity contribution in [3.05, 3.63) is 35.4 Å². The van der Waals surface area contributed by atoms with Gasteiger partial charge in [-0.2, -0.15) is 5.10 Å². The first-order chi connectivity index (χ1) is 8.02. The number of carbonyl (C=O) groups excluding carboxylic acids is 2. The van der Waals surface area contributed by atoms with Crippen molar-refractivity contribution in [3.8, 4) is 0 Å². The van der Waals surface area contributed by atoms with E-state index in [1.807, 2.05) is 5.43 Å². The zero-order valence-corrected chi connectivity index (χ0v) is 8.58. The van der Waals surface area contributed by atoms with Crippen LogP contribution in [0.4, 0.5) is 0 Å². The number of hydrogen-bond acceptors (Lipinski definition) is 4. The molecule has 0 atom stereocenters. The minimum Gasteiger partial charge on any atom is -0.478 e. The van der Waals surface area contributed by atoms with Gasteiger partial charge in [0.05, 0.1) is 11.8 Å². The fourth-order valence-corrected chi connectivity index (χ4v) is 1.02. The molecule has 7 nitrogen and oxygen atoms in total. The quantitative estimate of drug-likeness (QED) is 0.365. The molecule has 1 aromatic carbocycles. The van der Waals surface area contributed by atoms with Crippen LogP contribution in [-0.2, 0) is 9.59 Å². The van der Waals surface area contributed by atoms with Gasteiger partial charge in [0.2, 0.25) is 0 Å². The van der Waals surface area contributed by atoms with E-state index in [0.29, 0.717) is 5.56 Å². The van der Waals surface area contributed by atoms with Gasteiger partial charge in [0.25, 0.3) is 0 Å². The van der Waals surface area contributed by atoms with Gasteiger partial charge >= 0.3 is 17.8 Å². The predicted molar refractivity (Wildman–Crippen MR) is 58.3 cm³/mol. The highest BCUT2D eigenvalue weighted by atomic mass is 16.4. The van der Waals surface area contributed by atoms with Crippen LogP contribution in [-0.4, -0.2) is 29.1 Å². The van der Waals surface area contributed by atoms with Crippen LogP contribution in [0.2, 0.25) is 0 Å². The summed E-state index contributed by atoms with van der Waals surface area (Å²) in [6.45, 7) is 0. The molecule has 0 radical (unpaired) electrons. The SMILES string of the molecule is NC(=O)C(=O)N/N=C/c1ccccc1C(=O)O. The van der Waals surface area contributed by atoms with Gasteiger partial charge in [-0.15, -0.1) is 0 Å². The number of hydrazone groups is 1. The molecule has 0 aliphatic heterocycles. The van der Waals surface area contributed by atoms with Gasteiger partial charge in [-0.05, 0) is 6.07 Å². The third kappa shape index (κ3) is 3.42. The van der Waals surface area contributed by atoms with Gasteiger partial charge in [0.15, 0.2) is 0 Å². The van der Waals surface area contributed by atoms with E-state index in [-0.39, 0.29) is 5.56 Å². The number of nitrogens with zero attached hydrogens (tertiary/aromatic N) is 1. The van der Waals surface area contributed by atoms with Gasteiger partial charge in [-0.25, -0.2) is 10.2 Å². The number of aromatic carboxylic acids is 1. The van der Waals surface area contributed by atoms with Crippen LogP contribution in [0.15, 0.2) is 29.4 Å². The minimum atomic E-state index is -1.17. The average molecular weight is 235 g/mol. The van der Waals surface area contributed by atoms with Crippen molar-refractivity contribution < 1.29 is 19.5 Å². The molecular weight excluding hydrogens is 226 g/mol. The Balaban J connectivity index is 2.81. The number of nitrogens with two attached hydrogens (primary N) is 1. The molecular formula is C10H9N3O4. The second-order valence-corrected chi connectivity index (χ2v) is 2.96. The first-order valence-electron chi connectivity index (χ1n) is 4.47. The second-order valence-electron chi connectivity index (χ2n) is 2.96. The van der Waals surface area contributed by atoms with Gasteiger partial charge in [-0.1, -0.05) is 18.2 Å². The summed E-state index contributed by atoms with van der Waals surface area (Å²) in [5, 5.41) is 12.3. The molecule has 7 heteroatoms. The average Bonchev–Trinajstić information content (AvgIpc) is 2.29. The first-order valence-corrected chi connectivity index (χ1v) is 4.47. The molecule has 17 heavy (non-hydrogen) atoms. The maximum absolute atomic E-state index is 10.8. The molecule has 0 aromatic heterocycles. The van der Waals surface area contributed by atoms with Crippen LogP contribution in [0.25, 0.3) is 0 Å². The minimum absolute atomic E-state index is 0.0320. The monoisotopic (exact) mass is 235 g/mol. The van der Waals surface area contributed by atoms with E-state index < -0.39 is 17.8 Å². The molecule has 0 fully saturated rings. The smallest absolute Gasteiger partial charge is 0.336 e. The predicted octanol–water partition coefficient (Wildman–Crippen LogP) is -0.680. The Morgan fingerprint density at radius 2 is 1.94 bits per heavy atom. The van der Waals surface area contributed by atoms with E-state index in [1.165, 1.54) is 12.1 Å². The Kier molecular flexibility index (Phi) is 3.93. The van der Waals surface area contributed by atoms with Crippen LogP contribution in [0.5, 0.6) is 0 Å². The molecule has 88 valence electrons. The number of rotatable bonds is 3. The van der Waals surface area contributed by atoms with Crippen LogP contribution in [0, 0.1) is 0 Å². The Hall–Kier alpha value is -2.70. The van der Waals surface area contributed by atoms with Crippen molar-refractivity contribution >= 4 is 24.0 Å². The number of primary amides is 1. The molecule has 1 aromatic rings. The van der Waals surface area contributed by atoms with Crippen LogP contribution < -0.4 is 11.2 Å². The topological polar surface area (TPSA) is 122 Å². The van der Waals surface area contributed by atoms with E-state index in [9.17, 15) is 14.4 Å². The lowest BCUT2D eigenvalue weighted by Crippen LogP contribution is -2.32. The molecule has 0 spiro atoms. The molecule has 2 amide bonds. The number of carboxylic acids is 1. The fourth-order valence-electron chi connectivity index (χ4n) is 1.02. The lowest BCUT2D eigenvalue weighted by molar-refractivity contribution is -0.137. The molecule has 0 heterocycles. The Bertz CT molecular complexity index is 496. The van der Waals surface area contributed by atoms with Gasteiger partial charge < -0.3 is 10.8 Å². The summed E-state index contributed by atoms with van der Waals surface area (Å²) in [6, 6.07) is 6.06. The zero-order chi connectivity index (χ0) is 12.8. The lowest BCUT2D eigenvalue weighted by Gasteiger charge is -1.99. The van der Waals surface area contributed by atoms with E-state index in [4.69, 9.17) is 5.11 Å². The Morgan fingerprint density at radius 1 is 1.29 bits per heavy atom. The van der Waals surface area contributed by atoms with Crippen molar-refractivity contribution in [2.75, 3.05) is 0 Å². The van der Waals surface area contributed by atoms with E-state index >= 15 is 0 Å². The zero-order valence-electron chi connectivity index (χ0n) is 8.58. The van der Waals surface area contributed by atoms with Crippen LogP contribution >= 0.6 is 0 Å². The number of amides is 2. The molecule has 4 N–H and O–H groups in total. The standard InChI is InChI=1S/C10H9N3O4/c11-8(14)9(15)13-12-5-6-3-1-2-4-7(6)10(16)17/h1-5H,(H2,11,14)(H,13,15)(H,16,17)/b12-5+. The van der Waals surface area contributed by atoms with Crippen molar-refractivity contribution in [2.24, 2.45) is 10.8 Å². The summed E-state index contributed by atoms with van der Waals surface area (Å²) >= 11 is 0. The molecule has 0 saturated heterocycles. The largest absolute Gasteiger partial charge is 0.478 e. The number of nitrogens with one attached hydrogen (secondary N) is 1. The third-order valence-electron chi connectivity index (χ3n) is 1.78. The number of benzene rings is 1. The highest BCUT2D eigenvalue weighted by Gasteiger charge is 2.08. The highest BCUT2D eigenvalue weighted by molar-refractivity contribution is 6.34. The molecule has 0 saturated carbocycles. The lowest BCUT2D eigenvalue weighted by atomic mass is 10.1. The summed E-state index contributed by atoms with van der Waals surface area (Å²) in [7, 11) is 0. The molecule has 0 aliphatic rings. The molecule has 0 unspecified atom stereocenters. The fraction of sp³-hybridized carbons (Fsp3) is 0. The van der Waals surface area contributed by atoms with Gasteiger partial charge in [-0.3, -0.25) is 9.59 Å². The number of carboxylic acid groups (broad SMARTS) is 1. The first kappa shape index (κ1) is 12.4. The summed E-state index contributed by atoms with van der Waals surface area (Å²) in [4.78, 5) is 31.9.